The number of carbonyl (C=O) groups is 1. The maximum atomic E-state index is 11.6. The lowest BCUT2D eigenvalue weighted by atomic mass is 9.85. The summed E-state index contributed by atoms with van der Waals surface area (Å²) < 4.78 is 4.83. The zero-order chi connectivity index (χ0) is 10.3. The number of methoxy groups -OCH3 is 1. The Labute approximate surface area is 84.1 Å². The number of hydroxylamine groups is 2. The van der Waals surface area contributed by atoms with Crippen LogP contribution in [0.2, 0.25) is 0 Å². The summed E-state index contributed by atoms with van der Waals surface area (Å²) in [6.07, 6.45) is 2.14. The standard InChI is InChI=1S/C10H17NO3/c1-10(2)8(9(12)13-3)7-5-4-6-11(7)14-10/h7-8H,4-6H2,1-3H3/t7-,8-/m1/s1. The van der Waals surface area contributed by atoms with Crippen molar-refractivity contribution in [3.63, 3.8) is 0 Å². The fraction of sp³-hybridized carbons (Fsp3) is 0.900. The summed E-state index contributed by atoms with van der Waals surface area (Å²) in [5.74, 6) is -0.292. The van der Waals surface area contributed by atoms with Crippen molar-refractivity contribution >= 4 is 5.97 Å². The summed E-state index contributed by atoms with van der Waals surface area (Å²) in [7, 11) is 1.44. The highest BCUT2D eigenvalue weighted by atomic mass is 16.7. The smallest absolute Gasteiger partial charge is 0.313 e. The number of hydrogen-bond acceptors (Lipinski definition) is 4. The molecule has 2 aliphatic heterocycles. The van der Waals surface area contributed by atoms with Gasteiger partial charge in [-0.05, 0) is 26.7 Å². The molecule has 2 rings (SSSR count). The first-order valence-corrected chi connectivity index (χ1v) is 5.10. The second kappa shape index (κ2) is 3.21. The van der Waals surface area contributed by atoms with Gasteiger partial charge < -0.3 is 4.74 Å². The number of fused-ring (bicyclic) bond motifs is 1. The molecule has 0 aromatic carbocycles. The van der Waals surface area contributed by atoms with Crippen LogP contribution in [-0.4, -0.2) is 36.3 Å². The van der Waals surface area contributed by atoms with Crippen LogP contribution in [0.3, 0.4) is 0 Å². The first-order valence-electron chi connectivity index (χ1n) is 5.10. The van der Waals surface area contributed by atoms with Gasteiger partial charge in [0, 0.05) is 6.54 Å². The molecular formula is C10H17NO3. The van der Waals surface area contributed by atoms with Crippen molar-refractivity contribution in [1.29, 1.82) is 0 Å². The van der Waals surface area contributed by atoms with Gasteiger partial charge in [-0.25, -0.2) is 0 Å². The highest BCUT2D eigenvalue weighted by Crippen LogP contribution is 2.41. The average Bonchev–Trinajstić information content (AvgIpc) is 2.59. The maximum Gasteiger partial charge on any atom is 0.313 e. The van der Waals surface area contributed by atoms with Crippen molar-refractivity contribution in [1.82, 2.24) is 5.06 Å². The lowest BCUT2D eigenvalue weighted by molar-refractivity contribution is -0.186. The lowest BCUT2D eigenvalue weighted by Crippen LogP contribution is -2.39. The van der Waals surface area contributed by atoms with E-state index in [2.05, 4.69) is 0 Å². The molecule has 0 bridgehead atoms. The number of ether oxygens (including phenoxy) is 1. The summed E-state index contributed by atoms with van der Waals surface area (Å²) >= 11 is 0. The monoisotopic (exact) mass is 199 g/mol. The predicted octanol–water partition coefficient (Wildman–Crippen LogP) is 0.964. The molecule has 14 heavy (non-hydrogen) atoms. The Kier molecular flexibility index (Phi) is 2.27. The van der Waals surface area contributed by atoms with Gasteiger partial charge in [0.1, 0.15) is 5.92 Å². The highest BCUT2D eigenvalue weighted by Gasteiger charge is 2.54. The van der Waals surface area contributed by atoms with Crippen molar-refractivity contribution in [2.45, 2.75) is 38.3 Å². The van der Waals surface area contributed by atoms with Gasteiger partial charge in [0.15, 0.2) is 0 Å². The predicted molar refractivity (Wildman–Crippen MR) is 50.4 cm³/mol. The Morgan fingerprint density at radius 3 is 2.93 bits per heavy atom. The minimum Gasteiger partial charge on any atom is -0.469 e. The Morgan fingerprint density at radius 1 is 1.57 bits per heavy atom. The molecule has 80 valence electrons. The van der Waals surface area contributed by atoms with E-state index in [0.29, 0.717) is 0 Å². The molecule has 4 nitrogen and oxygen atoms in total. The normalized spacial score (nSPS) is 35.6. The fourth-order valence-electron chi connectivity index (χ4n) is 2.60. The summed E-state index contributed by atoms with van der Waals surface area (Å²) in [4.78, 5) is 17.4. The van der Waals surface area contributed by atoms with E-state index >= 15 is 0 Å². The first kappa shape index (κ1) is 9.93. The van der Waals surface area contributed by atoms with Crippen molar-refractivity contribution in [2.24, 2.45) is 5.92 Å². The van der Waals surface area contributed by atoms with Gasteiger partial charge in [0.25, 0.3) is 0 Å². The van der Waals surface area contributed by atoms with Crippen LogP contribution < -0.4 is 0 Å². The van der Waals surface area contributed by atoms with E-state index in [1.165, 1.54) is 7.11 Å². The fourth-order valence-corrected chi connectivity index (χ4v) is 2.60. The molecule has 0 amide bonds. The van der Waals surface area contributed by atoms with Gasteiger partial charge in [0.2, 0.25) is 0 Å². The van der Waals surface area contributed by atoms with E-state index in [9.17, 15) is 4.79 Å². The Balaban J connectivity index is 2.22. The molecule has 2 aliphatic rings. The van der Waals surface area contributed by atoms with E-state index in [1.54, 1.807) is 0 Å². The van der Waals surface area contributed by atoms with Crippen LogP contribution in [0.1, 0.15) is 26.7 Å². The van der Waals surface area contributed by atoms with Crippen LogP contribution in [0.4, 0.5) is 0 Å². The number of hydrogen-bond donors (Lipinski definition) is 0. The molecule has 0 aromatic rings. The Morgan fingerprint density at radius 2 is 2.29 bits per heavy atom. The van der Waals surface area contributed by atoms with E-state index in [0.717, 1.165) is 19.4 Å². The third kappa shape index (κ3) is 1.33. The summed E-state index contributed by atoms with van der Waals surface area (Å²) in [6, 6.07) is 0.220. The van der Waals surface area contributed by atoms with Crippen LogP contribution in [0, 0.1) is 5.92 Å². The van der Waals surface area contributed by atoms with Crippen LogP contribution >= 0.6 is 0 Å². The van der Waals surface area contributed by atoms with E-state index in [4.69, 9.17) is 9.57 Å². The molecule has 0 spiro atoms. The molecular weight excluding hydrogens is 182 g/mol. The molecule has 4 heteroatoms. The van der Waals surface area contributed by atoms with Crippen molar-refractivity contribution in [2.75, 3.05) is 13.7 Å². The van der Waals surface area contributed by atoms with Crippen molar-refractivity contribution < 1.29 is 14.4 Å². The Hall–Kier alpha value is -0.610. The van der Waals surface area contributed by atoms with Gasteiger partial charge in [-0.2, -0.15) is 5.06 Å². The summed E-state index contributed by atoms with van der Waals surface area (Å²) in [6.45, 7) is 4.83. The van der Waals surface area contributed by atoms with Crippen LogP contribution in [0.25, 0.3) is 0 Å². The molecule has 2 atom stereocenters. The molecule has 0 saturated carbocycles. The Bertz CT molecular complexity index is 252. The topological polar surface area (TPSA) is 38.8 Å². The number of carbonyl (C=O) groups excluding carboxylic acids is 1. The van der Waals surface area contributed by atoms with Crippen LogP contribution in [0.5, 0.6) is 0 Å². The number of esters is 1. The van der Waals surface area contributed by atoms with Gasteiger partial charge in [-0.15, -0.1) is 0 Å². The second-order valence-corrected chi connectivity index (χ2v) is 4.55. The minimum atomic E-state index is -0.418. The van der Waals surface area contributed by atoms with E-state index in [1.807, 2.05) is 18.9 Å². The van der Waals surface area contributed by atoms with Gasteiger partial charge in [-0.3, -0.25) is 9.63 Å². The molecule has 0 aliphatic carbocycles. The summed E-state index contributed by atoms with van der Waals surface area (Å²) in [5.41, 5.74) is -0.418. The van der Waals surface area contributed by atoms with E-state index in [-0.39, 0.29) is 17.9 Å². The summed E-state index contributed by atoms with van der Waals surface area (Å²) in [5, 5.41) is 1.95. The third-order valence-corrected chi connectivity index (χ3v) is 3.19. The molecule has 2 saturated heterocycles. The zero-order valence-corrected chi connectivity index (χ0v) is 8.95. The van der Waals surface area contributed by atoms with Crippen molar-refractivity contribution in [3.05, 3.63) is 0 Å². The largest absolute Gasteiger partial charge is 0.469 e. The molecule has 0 N–H and O–H groups in total. The zero-order valence-electron chi connectivity index (χ0n) is 8.95. The maximum absolute atomic E-state index is 11.6. The lowest BCUT2D eigenvalue weighted by Gasteiger charge is -2.24. The molecule has 0 aromatic heterocycles. The average molecular weight is 199 g/mol. The number of rotatable bonds is 1. The quantitative estimate of drug-likeness (QED) is 0.590. The van der Waals surface area contributed by atoms with E-state index < -0.39 is 5.60 Å². The van der Waals surface area contributed by atoms with Gasteiger partial charge in [-0.1, -0.05) is 0 Å². The van der Waals surface area contributed by atoms with Gasteiger partial charge in [0.05, 0.1) is 18.8 Å². The number of nitrogens with zero attached hydrogens (tertiary/aromatic N) is 1. The molecule has 0 radical (unpaired) electrons. The second-order valence-electron chi connectivity index (χ2n) is 4.55. The third-order valence-electron chi connectivity index (χ3n) is 3.19. The minimum absolute atomic E-state index is 0.144. The molecule has 2 heterocycles. The first-order chi connectivity index (χ1) is 6.56. The van der Waals surface area contributed by atoms with Crippen LogP contribution in [-0.2, 0) is 14.4 Å². The van der Waals surface area contributed by atoms with Gasteiger partial charge >= 0.3 is 5.97 Å². The van der Waals surface area contributed by atoms with Crippen LogP contribution in [0.15, 0.2) is 0 Å². The molecule has 2 fully saturated rings. The molecule has 0 unspecified atom stereocenters. The van der Waals surface area contributed by atoms with Crippen molar-refractivity contribution in [3.8, 4) is 0 Å². The highest BCUT2D eigenvalue weighted by molar-refractivity contribution is 5.75. The SMILES string of the molecule is COC(=O)[C@H]1[C@H]2CCCN2OC1(C)C.